The molecular formula is C19H20N4O2. The molecule has 0 spiro atoms. The van der Waals surface area contributed by atoms with Gasteiger partial charge in [-0.05, 0) is 35.9 Å². The number of amides is 1. The molecule has 128 valence electrons. The van der Waals surface area contributed by atoms with E-state index in [1.54, 1.807) is 6.07 Å². The third-order valence-electron chi connectivity index (χ3n) is 4.69. The number of fused-ring (bicyclic) bond motifs is 1. The van der Waals surface area contributed by atoms with E-state index in [-0.39, 0.29) is 0 Å². The first kappa shape index (κ1) is 15.7. The van der Waals surface area contributed by atoms with Crippen molar-refractivity contribution in [2.45, 2.75) is 0 Å². The van der Waals surface area contributed by atoms with Crippen LogP contribution in [-0.4, -0.2) is 42.0 Å². The Labute approximate surface area is 145 Å². The molecule has 1 aliphatic rings. The van der Waals surface area contributed by atoms with Crippen LogP contribution in [0.5, 0.6) is 0 Å². The minimum atomic E-state index is -0.419. The van der Waals surface area contributed by atoms with Crippen molar-refractivity contribution in [1.29, 1.82) is 0 Å². The summed E-state index contributed by atoms with van der Waals surface area (Å²) in [6.07, 6.45) is 1.85. The second kappa shape index (κ2) is 6.22. The smallest absolute Gasteiger partial charge is 0.248 e. The number of carbonyl (C=O) groups excluding carboxylic acids is 1. The fourth-order valence-electron chi connectivity index (χ4n) is 3.33. The molecule has 0 unspecified atom stereocenters. The molecule has 2 aromatic carbocycles. The molecule has 1 fully saturated rings. The second-order valence-electron chi connectivity index (χ2n) is 6.24. The molecule has 0 atom stereocenters. The van der Waals surface area contributed by atoms with E-state index >= 15 is 0 Å². The molecule has 0 saturated carbocycles. The Morgan fingerprint density at radius 1 is 1.16 bits per heavy atom. The maximum atomic E-state index is 11.7. The third-order valence-corrected chi connectivity index (χ3v) is 4.69. The van der Waals surface area contributed by atoms with Crippen LogP contribution in [0.3, 0.4) is 0 Å². The summed E-state index contributed by atoms with van der Waals surface area (Å²) in [5, 5.41) is 5.37. The van der Waals surface area contributed by atoms with Crippen LogP contribution < -0.4 is 10.6 Å². The van der Waals surface area contributed by atoms with Gasteiger partial charge in [-0.2, -0.15) is 5.10 Å². The van der Waals surface area contributed by atoms with Crippen molar-refractivity contribution >= 4 is 22.5 Å². The molecule has 4 rings (SSSR count). The molecule has 1 amide bonds. The summed E-state index contributed by atoms with van der Waals surface area (Å²) in [6.45, 7) is 3.08. The number of hydrogen-bond acceptors (Lipinski definition) is 4. The number of hydrogen-bond donors (Lipinski definition) is 1. The lowest BCUT2D eigenvalue weighted by Gasteiger charge is -2.31. The lowest BCUT2D eigenvalue weighted by Crippen LogP contribution is -2.36. The first-order chi connectivity index (χ1) is 12.1. The summed E-state index contributed by atoms with van der Waals surface area (Å²) in [5.41, 5.74) is 10.2. The van der Waals surface area contributed by atoms with Crippen molar-refractivity contribution < 1.29 is 9.53 Å². The Morgan fingerprint density at radius 2 is 1.96 bits per heavy atom. The van der Waals surface area contributed by atoms with Crippen LogP contribution in [-0.2, 0) is 11.8 Å². The number of benzene rings is 2. The van der Waals surface area contributed by atoms with Gasteiger partial charge >= 0.3 is 0 Å². The molecule has 0 radical (unpaired) electrons. The number of nitrogens with zero attached hydrogens (tertiary/aromatic N) is 3. The number of aromatic nitrogens is 2. The zero-order valence-electron chi connectivity index (χ0n) is 14.1. The van der Waals surface area contributed by atoms with Gasteiger partial charge in [0.2, 0.25) is 5.91 Å². The summed E-state index contributed by atoms with van der Waals surface area (Å²) >= 11 is 0. The fourth-order valence-corrected chi connectivity index (χ4v) is 3.33. The van der Waals surface area contributed by atoms with E-state index in [2.05, 4.69) is 28.2 Å². The first-order valence-corrected chi connectivity index (χ1v) is 8.32. The van der Waals surface area contributed by atoms with E-state index in [9.17, 15) is 4.79 Å². The molecule has 1 aromatic heterocycles. The highest BCUT2D eigenvalue weighted by Gasteiger charge is 2.17. The van der Waals surface area contributed by atoms with Crippen LogP contribution in [0, 0.1) is 0 Å². The monoisotopic (exact) mass is 336 g/mol. The molecule has 25 heavy (non-hydrogen) atoms. The average Bonchev–Trinajstić information content (AvgIpc) is 3.02. The highest BCUT2D eigenvalue weighted by atomic mass is 16.5. The quantitative estimate of drug-likeness (QED) is 0.795. The van der Waals surface area contributed by atoms with Gasteiger partial charge in [0.15, 0.2) is 0 Å². The fraction of sp³-hybridized carbons (Fsp3) is 0.263. The van der Waals surface area contributed by atoms with E-state index in [4.69, 9.17) is 10.5 Å². The van der Waals surface area contributed by atoms with Gasteiger partial charge in [-0.3, -0.25) is 9.48 Å². The zero-order valence-corrected chi connectivity index (χ0v) is 14.1. The van der Waals surface area contributed by atoms with Crippen molar-refractivity contribution in [1.82, 2.24) is 9.78 Å². The molecule has 2 N–H and O–H groups in total. The highest BCUT2D eigenvalue weighted by Crippen LogP contribution is 2.34. The third kappa shape index (κ3) is 2.85. The van der Waals surface area contributed by atoms with E-state index < -0.39 is 5.91 Å². The van der Waals surface area contributed by atoms with Crippen molar-refractivity contribution in [2.24, 2.45) is 12.8 Å². The van der Waals surface area contributed by atoms with Gasteiger partial charge in [-0.25, -0.2) is 0 Å². The van der Waals surface area contributed by atoms with Crippen LogP contribution in [0.15, 0.2) is 42.6 Å². The SMILES string of the molecule is Cn1ncc2cc(-c3cc(C(N)=O)ccc3N3CCOCC3)ccc21. The van der Waals surface area contributed by atoms with E-state index in [0.717, 1.165) is 40.8 Å². The van der Waals surface area contributed by atoms with Crippen molar-refractivity contribution in [3.8, 4) is 11.1 Å². The maximum Gasteiger partial charge on any atom is 0.248 e. The van der Waals surface area contributed by atoms with E-state index in [0.29, 0.717) is 18.8 Å². The molecule has 1 aliphatic heterocycles. The normalized spacial score (nSPS) is 14.8. The van der Waals surface area contributed by atoms with Crippen LogP contribution in [0.25, 0.3) is 22.0 Å². The van der Waals surface area contributed by atoms with E-state index in [1.807, 2.05) is 30.1 Å². The average molecular weight is 336 g/mol. The first-order valence-electron chi connectivity index (χ1n) is 8.32. The van der Waals surface area contributed by atoms with Gasteiger partial charge < -0.3 is 15.4 Å². The van der Waals surface area contributed by atoms with Crippen LogP contribution in [0.1, 0.15) is 10.4 Å². The van der Waals surface area contributed by atoms with Gasteiger partial charge in [0, 0.05) is 42.3 Å². The van der Waals surface area contributed by atoms with Gasteiger partial charge in [0.05, 0.1) is 24.9 Å². The summed E-state index contributed by atoms with van der Waals surface area (Å²) in [5.74, 6) is -0.419. The molecular weight excluding hydrogens is 316 g/mol. The minimum absolute atomic E-state index is 0.419. The summed E-state index contributed by atoms with van der Waals surface area (Å²) in [4.78, 5) is 14.0. The number of rotatable bonds is 3. The Balaban J connectivity index is 1.86. The standard InChI is InChI=1S/C19H20N4O2/c1-22-17-4-2-13(10-15(17)12-21-22)16-11-14(19(20)24)3-5-18(16)23-6-8-25-9-7-23/h2-5,10-12H,6-9H2,1H3,(H2,20,24). The topological polar surface area (TPSA) is 73.4 Å². The lowest BCUT2D eigenvalue weighted by atomic mass is 9.98. The van der Waals surface area contributed by atoms with Gasteiger partial charge in [-0.15, -0.1) is 0 Å². The molecule has 6 nitrogen and oxygen atoms in total. The number of anilines is 1. The van der Waals surface area contributed by atoms with E-state index in [1.165, 1.54) is 0 Å². The van der Waals surface area contributed by atoms with Gasteiger partial charge in [0.1, 0.15) is 0 Å². The number of nitrogens with two attached hydrogens (primary N) is 1. The number of carbonyl (C=O) groups is 1. The maximum absolute atomic E-state index is 11.7. The van der Waals surface area contributed by atoms with Gasteiger partial charge in [0.25, 0.3) is 0 Å². The summed E-state index contributed by atoms with van der Waals surface area (Å²) < 4.78 is 7.31. The predicted octanol–water partition coefficient (Wildman–Crippen LogP) is 2.18. The number of primary amides is 1. The molecule has 3 aromatic rings. The van der Waals surface area contributed by atoms with Crippen molar-refractivity contribution in [3.05, 3.63) is 48.2 Å². The Hall–Kier alpha value is -2.86. The van der Waals surface area contributed by atoms with Crippen molar-refractivity contribution in [3.63, 3.8) is 0 Å². The number of ether oxygens (including phenoxy) is 1. The Bertz CT molecular complexity index is 942. The Kier molecular flexibility index (Phi) is 3.89. The predicted molar refractivity (Wildman–Crippen MR) is 97.7 cm³/mol. The molecule has 2 heterocycles. The molecule has 6 heteroatoms. The zero-order chi connectivity index (χ0) is 17.4. The Morgan fingerprint density at radius 3 is 2.72 bits per heavy atom. The number of aryl methyl sites for hydroxylation is 1. The summed E-state index contributed by atoms with van der Waals surface area (Å²) in [6, 6.07) is 11.9. The highest BCUT2D eigenvalue weighted by molar-refractivity contribution is 5.97. The largest absolute Gasteiger partial charge is 0.378 e. The van der Waals surface area contributed by atoms with Crippen LogP contribution in [0.2, 0.25) is 0 Å². The van der Waals surface area contributed by atoms with Crippen LogP contribution in [0.4, 0.5) is 5.69 Å². The van der Waals surface area contributed by atoms with Gasteiger partial charge in [-0.1, -0.05) is 6.07 Å². The minimum Gasteiger partial charge on any atom is -0.378 e. The number of morpholine rings is 1. The molecule has 1 saturated heterocycles. The molecule has 0 bridgehead atoms. The lowest BCUT2D eigenvalue weighted by molar-refractivity contribution is 0.1000. The molecule has 0 aliphatic carbocycles. The second-order valence-corrected chi connectivity index (χ2v) is 6.24. The van der Waals surface area contributed by atoms with Crippen LogP contribution >= 0.6 is 0 Å². The summed E-state index contributed by atoms with van der Waals surface area (Å²) in [7, 11) is 1.93. The van der Waals surface area contributed by atoms with Crippen molar-refractivity contribution in [2.75, 3.05) is 31.2 Å².